The molecule has 29 heavy (non-hydrogen) atoms. The van der Waals surface area contributed by atoms with Gasteiger partial charge in [0.2, 0.25) is 0 Å². The van der Waals surface area contributed by atoms with Gasteiger partial charge in [-0.2, -0.15) is 0 Å². The zero-order valence-corrected chi connectivity index (χ0v) is 15.8. The number of ether oxygens (including phenoxy) is 2. The van der Waals surface area contributed by atoms with E-state index in [2.05, 4.69) is 4.98 Å². The molecule has 0 bridgehead atoms. The maximum Gasteiger partial charge on any atom is 0.260 e. The van der Waals surface area contributed by atoms with Gasteiger partial charge in [0.1, 0.15) is 18.0 Å². The Kier molecular flexibility index (Phi) is 5.48. The highest BCUT2D eigenvalue weighted by molar-refractivity contribution is 5.84. The van der Waals surface area contributed by atoms with Crippen molar-refractivity contribution < 1.29 is 24.5 Å². The predicted molar refractivity (Wildman–Crippen MR) is 107 cm³/mol. The van der Waals surface area contributed by atoms with Gasteiger partial charge in [0.05, 0.1) is 12.1 Å². The maximum atomic E-state index is 12.4. The SMILES string of the molecule is O=C(COc1ccccc1O)N1CC[C@@H](Oc2cccc3ncccc23)[C@H](O)C1. The van der Waals surface area contributed by atoms with Crippen LogP contribution < -0.4 is 9.47 Å². The zero-order valence-electron chi connectivity index (χ0n) is 15.8. The van der Waals surface area contributed by atoms with Gasteiger partial charge < -0.3 is 24.6 Å². The van der Waals surface area contributed by atoms with E-state index in [1.807, 2.05) is 30.3 Å². The fraction of sp³-hybridized carbons (Fsp3) is 0.273. The number of carbonyl (C=O) groups is 1. The number of hydrogen-bond acceptors (Lipinski definition) is 6. The van der Waals surface area contributed by atoms with E-state index in [0.29, 0.717) is 18.7 Å². The van der Waals surface area contributed by atoms with Crippen molar-refractivity contribution in [1.29, 1.82) is 0 Å². The number of carbonyl (C=O) groups excluding carboxylic acids is 1. The number of phenolic OH excluding ortho intramolecular Hbond substituents is 1. The molecule has 0 radical (unpaired) electrons. The lowest BCUT2D eigenvalue weighted by atomic mass is 10.0. The Labute approximate surface area is 168 Å². The van der Waals surface area contributed by atoms with Crippen molar-refractivity contribution in [3.05, 3.63) is 60.8 Å². The highest BCUT2D eigenvalue weighted by atomic mass is 16.5. The number of β-amino-alcohol motifs (C(OH)–C–C–N with tert-alkyl or cyclic N) is 1. The van der Waals surface area contributed by atoms with Gasteiger partial charge in [-0.3, -0.25) is 9.78 Å². The number of fused-ring (bicyclic) bond motifs is 1. The Morgan fingerprint density at radius 3 is 2.76 bits per heavy atom. The molecule has 4 rings (SSSR count). The molecule has 2 aromatic carbocycles. The summed E-state index contributed by atoms with van der Waals surface area (Å²) >= 11 is 0. The minimum Gasteiger partial charge on any atom is -0.504 e. The van der Waals surface area contributed by atoms with Gasteiger partial charge in [-0.15, -0.1) is 0 Å². The lowest BCUT2D eigenvalue weighted by Crippen LogP contribution is -2.52. The second-order valence-corrected chi connectivity index (χ2v) is 6.93. The monoisotopic (exact) mass is 394 g/mol. The van der Waals surface area contributed by atoms with Crippen molar-refractivity contribution in [2.75, 3.05) is 19.7 Å². The molecule has 1 aliphatic heterocycles. The van der Waals surface area contributed by atoms with Crippen LogP contribution in [0.15, 0.2) is 60.8 Å². The summed E-state index contributed by atoms with van der Waals surface area (Å²) in [5.41, 5.74) is 0.827. The van der Waals surface area contributed by atoms with Crippen LogP contribution >= 0.6 is 0 Å². The first-order chi connectivity index (χ1) is 14.1. The Hall–Kier alpha value is -3.32. The van der Waals surface area contributed by atoms with Gasteiger partial charge in [0.25, 0.3) is 5.91 Å². The summed E-state index contributed by atoms with van der Waals surface area (Å²) in [6, 6.07) is 15.9. The molecule has 1 aromatic heterocycles. The molecule has 2 heterocycles. The molecule has 0 unspecified atom stereocenters. The lowest BCUT2D eigenvalue weighted by molar-refractivity contribution is -0.139. The molecule has 150 valence electrons. The normalized spacial score (nSPS) is 19.1. The number of aromatic hydroxyl groups is 1. The predicted octanol–water partition coefficient (Wildman–Crippen LogP) is 2.36. The van der Waals surface area contributed by atoms with Crippen molar-refractivity contribution in [3.8, 4) is 17.2 Å². The number of aliphatic hydroxyl groups excluding tert-OH is 1. The van der Waals surface area contributed by atoms with Crippen LogP contribution in [0, 0.1) is 0 Å². The van der Waals surface area contributed by atoms with E-state index in [1.54, 1.807) is 29.3 Å². The zero-order chi connectivity index (χ0) is 20.2. The third-order valence-corrected chi connectivity index (χ3v) is 4.97. The number of nitrogens with zero attached hydrogens (tertiary/aromatic N) is 2. The maximum absolute atomic E-state index is 12.4. The lowest BCUT2D eigenvalue weighted by Gasteiger charge is -2.36. The number of hydrogen-bond donors (Lipinski definition) is 2. The molecule has 0 aliphatic carbocycles. The van der Waals surface area contributed by atoms with Crippen molar-refractivity contribution in [3.63, 3.8) is 0 Å². The second-order valence-electron chi connectivity index (χ2n) is 6.93. The third kappa shape index (κ3) is 4.25. The Balaban J connectivity index is 1.35. The number of para-hydroxylation sites is 2. The number of amides is 1. The van der Waals surface area contributed by atoms with Crippen LogP contribution in [0.25, 0.3) is 10.9 Å². The average Bonchev–Trinajstić information content (AvgIpc) is 2.74. The molecule has 1 saturated heterocycles. The quantitative estimate of drug-likeness (QED) is 0.690. The van der Waals surface area contributed by atoms with Crippen LogP contribution in [-0.2, 0) is 4.79 Å². The van der Waals surface area contributed by atoms with Gasteiger partial charge in [0, 0.05) is 24.5 Å². The van der Waals surface area contributed by atoms with Crippen LogP contribution in [0.1, 0.15) is 6.42 Å². The van der Waals surface area contributed by atoms with Gasteiger partial charge in [-0.05, 0) is 36.4 Å². The summed E-state index contributed by atoms with van der Waals surface area (Å²) in [7, 11) is 0. The highest BCUT2D eigenvalue weighted by Crippen LogP contribution is 2.27. The van der Waals surface area contributed by atoms with Crippen molar-refractivity contribution in [2.45, 2.75) is 18.6 Å². The highest BCUT2D eigenvalue weighted by Gasteiger charge is 2.32. The molecule has 3 aromatic rings. The summed E-state index contributed by atoms with van der Waals surface area (Å²) in [6.07, 6.45) is 0.997. The third-order valence-electron chi connectivity index (χ3n) is 4.97. The first-order valence-corrected chi connectivity index (χ1v) is 9.49. The molecule has 1 fully saturated rings. The number of benzene rings is 2. The molecular formula is C22H22N2O5. The molecule has 1 amide bonds. The van der Waals surface area contributed by atoms with Gasteiger partial charge >= 0.3 is 0 Å². The largest absolute Gasteiger partial charge is 0.504 e. The second kappa shape index (κ2) is 8.36. The Bertz CT molecular complexity index is 1000. The Morgan fingerprint density at radius 1 is 1.10 bits per heavy atom. The fourth-order valence-electron chi connectivity index (χ4n) is 3.43. The van der Waals surface area contributed by atoms with Gasteiger partial charge in [0.15, 0.2) is 18.1 Å². The van der Waals surface area contributed by atoms with Crippen molar-refractivity contribution in [1.82, 2.24) is 9.88 Å². The van der Waals surface area contributed by atoms with Crippen molar-refractivity contribution >= 4 is 16.8 Å². The Morgan fingerprint density at radius 2 is 1.93 bits per heavy atom. The van der Waals surface area contributed by atoms with Crippen LogP contribution in [-0.4, -0.2) is 57.9 Å². The number of likely N-dealkylation sites (tertiary alicyclic amines) is 1. The summed E-state index contributed by atoms with van der Waals surface area (Å²) in [6.45, 7) is 0.412. The van der Waals surface area contributed by atoms with Crippen LogP contribution in [0.4, 0.5) is 0 Å². The molecule has 1 aliphatic rings. The first-order valence-electron chi connectivity index (χ1n) is 9.49. The van der Waals surface area contributed by atoms with Crippen LogP contribution in [0.2, 0.25) is 0 Å². The molecule has 0 saturated carbocycles. The standard InChI is InChI=1S/C22H22N2O5/c25-17-7-1-2-8-20(17)28-14-22(27)24-12-10-21(18(26)13-24)29-19-9-3-6-16-15(19)5-4-11-23-16/h1-9,11,18,21,25-26H,10,12-14H2/t18-,21-/m1/s1. The van der Waals surface area contributed by atoms with Crippen LogP contribution in [0.5, 0.6) is 17.2 Å². The van der Waals surface area contributed by atoms with E-state index in [1.165, 1.54) is 6.07 Å². The van der Waals surface area contributed by atoms with Crippen molar-refractivity contribution in [2.24, 2.45) is 0 Å². The van der Waals surface area contributed by atoms with Gasteiger partial charge in [-0.1, -0.05) is 18.2 Å². The number of rotatable bonds is 5. The summed E-state index contributed by atoms with van der Waals surface area (Å²) in [5.74, 6) is 0.656. The molecular weight excluding hydrogens is 372 g/mol. The average molecular weight is 394 g/mol. The molecule has 7 heteroatoms. The minimum absolute atomic E-state index is 0.0166. The number of pyridine rings is 1. The van der Waals surface area contributed by atoms with E-state index < -0.39 is 12.2 Å². The molecule has 0 spiro atoms. The molecule has 7 nitrogen and oxygen atoms in total. The smallest absolute Gasteiger partial charge is 0.260 e. The summed E-state index contributed by atoms with van der Waals surface area (Å²) in [4.78, 5) is 18.3. The first kappa shape index (κ1) is 19.0. The number of aromatic nitrogens is 1. The fourth-order valence-corrected chi connectivity index (χ4v) is 3.43. The summed E-state index contributed by atoms with van der Waals surface area (Å²) < 4.78 is 11.5. The molecule has 2 atom stereocenters. The van der Waals surface area contributed by atoms with Crippen LogP contribution in [0.3, 0.4) is 0 Å². The van der Waals surface area contributed by atoms with Gasteiger partial charge in [-0.25, -0.2) is 0 Å². The van der Waals surface area contributed by atoms with E-state index in [9.17, 15) is 15.0 Å². The minimum atomic E-state index is -0.815. The van der Waals surface area contributed by atoms with E-state index >= 15 is 0 Å². The van der Waals surface area contributed by atoms with E-state index in [0.717, 1.165) is 10.9 Å². The number of phenols is 1. The number of aliphatic hydroxyl groups is 1. The number of piperidine rings is 1. The molecule has 2 N–H and O–H groups in total. The topological polar surface area (TPSA) is 92.1 Å². The van der Waals surface area contributed by atoms with E-state index in [4.69, 9.17) is 9.47 Å². The summed E-state index contributed by atoms with van der Waals surface area (Å²) in [5, 5.41) is 21.1. The van der Waals surface area contributed by atoms with E-state index in [-0.39, 0.29) is 30.6 Å².